The van der Waals surface area contributed by atoms with E-state index in [2.05, 4.69) is 6.58 Å². The summed E-state index contributed by atoms with van der Waals surface area (Å²) in [6.07, 6.45) is 7.16. The number of carbonyl (C=O) groups is 1. The first-order chi connectivity index (χ1) is 5.28. The van der Waals surface area contributed by atoms with Crippen molar-refractivity contribution in [1.29, 1.82) is 0 Å². The quantitative estimate of drug-likeness (QED) is 0.342. The van der Waals surface area contributed by atoms with Crippen LogP contribution < -0.4 is 0 Å². The van der Waals surface area contributed by atoms with Crippen molar-refractivity contribution in [3.05, 3.63) is 36.0 Å². The lowest BCUT2D eigenvalue weighted by Crippen LogP contribution is -1.81. The Hall–Kier alpha value is -1.11. The third-order valence-electron chi connectivity index (χ3n) is 1.49. The minimum atomic E-state index is 0.710. The molecular weight excluding hydrogens is 136 g/mol. The van der Waals surface area contributed by atoms with Crippen LogP contribution in [-0.4, -0.2) is 6.29 Å². The lowest BCUT2D eigenvalue weighted by molar-refractivity contribution is -0.104. The van der Waals surface area contributed by atoms with Crippen LogP contribution in [0, 0.1) is 0 Å². The summed E-state index contributed by atoms with van der Waals surface area (Å²) in [4.78, 5) is 10.4. The minimum Gasteiger partial charge on any atom is -0.298 e. The molecule has 0 spiro atoms. The second kappa shape index (κ2) is 5.66. The third-order valence-corrected chi connectivity index (χ3v) is 1.49. The Kier molecular flexibility index (Phi) is 5.09. The molecule has 0 aromatic rings. The van der Waals surface area contributed by atoms with Crippen molar-refractivity contribution >= 4 is 6.29 Å². The molecule has 1 heteroatoms. The van der Waals surface area contributed by atoms with Crippen molar-refractivity contribution in [2.45, 2.75) is 20.3 Å². The molecular formula is C10H14O. The summed E-state index contributed by atoms with van der Waals surface area (Å²) in [6.45, 7) is 7.52. The number of hydrogen-bond acceptors (Lipinski definition) is 1. The average molecular weight is 150 g/mol. The lowest BCUT2D eigenvalue weighted by Gasteiger charge is -1.94. The monoisotopic (exact) mass is 150 g/mol. The molecule has 11 heavy (non-hydrogen) atoms. The predicted octanol–water partition coefficient (Wildman–Crippen LogP) is 2.65. The first-order valence-electron chi connectivity index (χ1n) is 3.73. The largest absolute Gasteiger partial charge is 0.298 e. The molecule has 0 heterocycles. The summed E-state index contributed by atoms with van der Waals surface area (Å²) >= 11 is 0. The van der Waals surface area contributed by atoms with E-state index in [1.165, 1.54) is 0 Å². The number of allylic oxidation sites excluding steroid dienone is 5. The Labute approximate surface area is 68.1 Å². The highest BCUT2D eigenvalue weighted by molar-refractivity contribution is 5.77. The number of hydrogen-bond donors (Lipinski definition) is 0. The summed E-state index contributed by atoms with van der Waals surface area (Å²) in [6, 6.07) is 0. The Morgan fingerprint density at radius 2 is 2.18 bits per heavy atom. The van der Waals surface area contributed by atoms with Crippen molar-refractivity contribution in [3.63, 3.8) is 0 Å². The maximum Gasteiger partial charge on any atom is 0.149 e. The SMILES string of the molecule is C=C/C(=C\C(C=O)=C/C)CC. The predicted molar refractivity (Wildman–Crippen MR) is 48.4 cm³/mol. The third kappa shape index (κ3) is 3.56. The van der Waals surface area contributed by atoms with Gasteiger partial charge in [0.05, 0.1) is 0 Å². The van der Waals surface area contributed by atoms with Crippen molar-refractivity contribution in [1.82, 2.24) is 0 Å². The van der Waals surface area contributed by atoms with Gasteiger partial charge in [-0.25, -0.2) is 0 Å². The van der Waals surface area contributed by atoms with E-state index >= 15 is 0 Å². The zero-order chi connectivity index (χ0) is 8.69. The van der Waals surface area contributed by atoms with Crippen LogP contribution in [0.25, 0.3) is 0 Å². The van der Waals surface area contributed by atoms with E-state index in [0.29, 0.717) is 5.57 Å². The van der Waals surface area contributed by atoms with Crippen LogP contribution in [0.1, 0.15) is 20.3 Å². The summed E-state index contributed by atoms with van der Waals surface area (Å²) in [7, 11) is 0. The van der Waals surface area contributed by atoms with Crippen LogP contribution in [0.5, 0.6) is 0 Å². The van der Waals surface area contributed by atoms with Gasteiger partial charge in [-0.1, -0.05) is 25.7 Å². The van der Waals surface area contributed by atoms with Gasteiger partial charge in [0.1, 0.15) is 6.29 Å². The maximum absolute atomic E-state index is 10.4. The van der Waals surface area contributed by atoms with E-state index < -0.39 is 0 Å². The normalized spacial score (nSPS) is 12.9. The van der Waals surface area contributed by atoms with Gasteiger partial charge in [-0.2, -0.15) is 0 Å². The molecule has 0 rings (SSSR count). The fourth-order valence-corrected chi connectivity index (χ4v) is 0.705. The molecule has 0 radical (unpaired) electrons. The van der Waals surface area contributed by atoms with Crippen molar-refractivity contribution in [3.8, 4) is 0 Å². The van der Waals surface area contributed by atoms with Crippen LogP contribution in [0.15, 0.2) is 36.0 Å². The van der Waals surface area contributed by atoms with E-state index in [9.17, 15) is 4.79 Å². The second-order valence-corrected chi connectivity index (χ2v) is 2.18. The molecule has 0 saturated heterocycles. The van der Waals surface area contributed by atoms with E-state index in [1.54, 1.807) is 12.2 Å². The molecule has 0 aliphatic carbocycles. The molecule has 0 saturated carbocycles. The molecule has 0 atom stereocenters. The molecule has 0 aliphatic heterocycles. The van der Waals surface area contributed by atoms with Gasteiger partial charge >= 0.3 is 0 Å². The molecule has 0 fully saturated rings. The van der Waals surface area contributed by atoms with Crippen molar-refractivity contribution in [2.24, 2.45) is 0 Å². The van der Waals surface area contributed by atoms with Gasteiger partial charge in [0, 0.05) is 5.57 Å². The molecule has 0 N–H and O–H groups in total. The van der Waals surface area contributed by atoms with Crippen LogP contribution in [0.4, 0.5) is 0 Å². The van der Waals surface area contributed by atoms with Crippen LogP contribution in [-0.2, 0) is 4.79 Å². The molecule has 0 amide bonds. The number of aldehydes is 1. The number of rotatable bonds is 4. The van der Waals surface area contributed by atoms with Gasteiger partial charge in [0.15, 0.2) is 0 Å². The van der Waals surface area contributed by atoms with Crippen LogP contribution in [0.2, 0.25) is 0 Å². The van der Waals surface area contributed by atoms with Gasteiger partial charge in [-0.15, -0.1) is 0 Å². The first kappa shape index (κ1) is 9.89. The molecule has 1 nitrogen and oxygen atoms in total. The smallest absolute Gasteiger partial charge is 0.149 e. The average Bonchev–Trinajstić information content (AvgIpc) is 2.07. The van der Waals surface area contributed by atoms with Crippen molar-refractivity contribution in [2.75, 3.05) is 0 Å². The molecule has 0 bridgehead atoms. The van der Waals surface area contributed by atoms with Gasteiger partial charge in [0.2, 0.25) is 0 Å². The fourth-order valence-electron chi connectivity index (χ4n) is 0.705. The van der Waals surface area contributed by atoms with E-state index in [1.807, 2.05) is 19.9 Å². The van der Waals surface area contributed by atoms with Crippen LogP contribution in [0.3, 0.4) is 0 Å². The van der Waals surface area contributed by atoms with E-state index in [-0.39, 0.29) is 0 Å². The Balaban J connectivity index is 4.47. The Morgan fingerprint density at radius 3 is 2.45 bits per heavy atom. The molecule has 0 aromatic carbocycles. The fraction of sp³-hybridized carbons (Fsp3) is 0.300. The molecule has 0 unspecified atom stereocenters. The standard InChI is InChI=1S/C10H14O/c1-4-9(5-2)7-10(6-3)8-11/h4,6-8H,1,5H2,2-3H3/b9-7+,10-6+. The lowest BCUT2D eigenvalue weighted by atomic mass is 10.1. The van der Waals surface area contributed by atoms with Crippen LogP contribution >= 0.6 is 0 Å². The summed E-state index contributed by atoms with van der Waals surface area (Å²) in [5.41, 5.74) is 1.80. The highest BCUT2D eigenvalue weighted by Crippen LogP contribution is 2.05. The highest BCUT2D eigenvalue weighted by Gasteiger charge is 1.89. The van der Waals surface area contributed by atoms with Gasteiger partial charge in [-0.05, 0) is 25.0 Å². The highest BCUT2D eigenvalue weighted by atomic mass is 16.1. The second-order valence-electron chi connectivity index (χ2n) is 2.18. The van der Waals surface area contributed by atoms with Gasteiger partial charge in [-0.3, -0.25) is 4.79 Å². The Bertz CT molecular complexity index is 197. The van der Waals surface area contributed by atoms with E-state index in [0.717, 1.165) is 18.3 Å². The topological polar surface area (TPSA) is 17.1 Å². The van der Waals surface area contributed by atoms with E-state index in [4.69, 9.17) is 0 Å². The minimum absolute atomic E-state index is 0.710. The number of carbonyl (C=O) groups excluding carboxylic acids is 1. The zero-order valence-corrected chi connectivity index (χ0v) is 7.13. The molecule has 0 aromatic heterocycles. The van der Waals surface area contributed by atoms with Crippen molar-refractivity contribution < 1.29 is 4.79 Å². The summed E-state index contributed by atoms with van der Waals surface area (Å²) in [5, 5.41) is 0. The maximum atomic E-state index is 10.4. The molecule has 0 aliphatic rings. The zero-order valence-electron chi connectivity index (χ0n) is 7.13. The van der Waals surface area contributed by atoms with Gasteiger partial charge in [0.25, 0.3) is 0 Å². The molecule has 60 valence electrons. The summed E-state index contributed by atoms with van der Waals surface area (Å²) < 4.78 is 0. The first-order valence-corrected chi connectivity index (χ1v) is 3.73. The summed E-state index contributed by atoms with van der Waals surface area (Å²) in [5.74, 6) is 0. The Morgan fingerprint density at radius 1 is 1.55 bits per heavy atom. The van der Waals surface area contributed by atoms with Gasteiger partial charge < -0.3 is 0 Å².